The highest BCUT2D eigenvalue weighted by molar-refractivity contribution is 5.85. The van der Waals surface area contributed by atoms with Crippen LogP contribution in [0.3, 0.4) is 0 Å². The smallest absolute Gasteiger partial charge is 0.307 e. The molecule has 1 heterocycles. The number of rotatable bonds is 3. The Kier molecular flexibility index (Phi) is 4.61. The van der Waals surface area contributed by atoms with Crippen LogP contribution in [0.1, 0.15) is 40.0 Å². The zero-order valence-corrected chi connectivity index (χ0v) is 13.6. The molecule has 5 nitrogen and oxygen atoms in total. The second-order valence-corrected chi connectivity index (χ2v) is 7.29. The van der Waals surface area contributed by atoms with E-state index in [1.54, 1.807) is 0 Å². The van der Waals surface area contributed by atoms with Crippen molar-refractivity contribution in [1.29, 1.82) is 0 Å². The first-order chi connectivity index (χ1) is 9.76. The van der Waals surface area contributed by atoms with Crippen molar-refractivity contribution in [3.8, 4) is 0 Å². The van der Waals surface area contributed by atoms with Gasteiger partial charge in [0.25, 0.3) is 0 Å². The number of carboxylic acids is 1. The van der Waals surface area contributed by atoms with Gasteiger partial charge in [-0.2, -0.15) is 0 Å². The van der Waals surface area contributed by atoms with E-state index < -0.39 is 11.9 Å². The lowest BCUT2D eigenvalue weighted by molar-refractivity contribution is -0.151. The number of piperazine rings is 1. The maximum Gasteiger partial charge on any atom is 0.307 e. The zero-order chi connectivity index (χ0) is 15.8. The number of amides is 1. The number of aliphatic carboxylic acids is 1. The van der Waals surface area contributed by atoms with Crippen LogP contribution in [-0.4, -0.2) is 59.0 Å². The maximum absolute atomic E-state index is 12.8. The number of hydrogen-bond acceptors (Lipinski definition) is 3. The summed E-state index contributed by atoms with van der Waals surface area (Å²) in [5.41, 5.74) is -0.0462. The van der Waals surface area contributed by atoms with Gasteiger partial charge in [0.05, 0.1) is 11.8 Å². The Morgan fingerprint density at radius 3 is 2.33 bits per heavy atom. The third-order valence-electron chi connectivity index (χ3n) is 5.50. The molecule has 0 aromatic rings. The molecule has 5 heteroatoms. The fourth-order valence-electron chi connectivity index (χ4n) is 3.69. The minimum atomic E-state index is -0.808. The van der Waals surface area contributed by atoms with Crippen LogP contribution >= 0.6 is 0 Å². The summed E-state index contributed by atoms with van der Waals surface area (Å²) in [5.74, 6) is -1.20. The number of carbonyl (C=O) groups is 2. The molecule has 0 spiro atoms. The van der Waals surface area contributed by atoms with Crippen LogP contribution in [0.2, 0.25) is 0 Å². The molecule has 21 heavy (non-hydrogen) atoms. The van der Waals surface area contributed by atoms with E-state index in [1.165, 1.54) is 0 Å². The highest BCUT2D eigenvalue weighted by Crippen LogP contribution is 2.39. The molecular weight excluding hydrogens is 268 g/mol. The summed E-state index contributed by atoms with van der Waals surface area (Å²) in [6, 6.07) is 0. The number of hydrogen-bond donors (Lipinski definition) is 1. The second kappa shape index (κ2) is 5.95. The summed E-state index contributed by atoms with van der Waals surface area (Å²) in [6.45, 7) is 8.57. The molecule has 0 aromatic carbocycles. The molecule has 1 N–H and O–H groups in total. The number of carbonyl (C=O) groups excluding carboxylic acids is 1. The molecule has 2 aliphatic rings. The van der Waals surface area contributed by atoms with Gasteiger partial charge < -0.3 is 10.0 Å². The molecule has 2 fully saturated rings. The Morgan fingerprint density at radius 2 is 1.81 bits per heavy atom. The van der Waals surface area contributed by atoms with Gasteiger partial charge in [0.1, 0.15) is 0 Å². The first-order valence-corrected chi connectivity index (χ1v) is 7.99. The summed E-state index contributed by atoms with van der Waals surface area (Å²) in [4.78, 5) is 28.4. The van der Waals surface area contributed by atoms with Gasteiger partial charge >= 0.3 is 5.97 Å². The van der Waals surface area contributed by atoms with Gasteiger partial charge in [-0.3, -0.25) is 14.5 Å². The van der Waals surface area contributed by atoms with Gasteiger partial charge in [-0.15, -0.1) is 0 Å². The highest BCUT2D eigenvalue weighted by Gasteiger charge is 2.45. The Bertz CT molecular complexity index is 422. The Morgan fingerprint density at radius 1 is 1.19 bits per heavy atom. The van der Waals surface area contributed by atoms with Crippen molar-refractivity contribution in [2.24, 2.45) is 17.8 Å². The van der Waals surface area contributed by atoms with Crippen molar-refractivity contribution in [3.63, 3.8) is 0 Å². The van der Waals surface area contributed by atoms with Crippen LogP contribution in [0.5, 0.6) is 0 Å². The minimum absolute atomic E-state index is 0.0462. The Hall–Kier alpha value is -1.10. The van der Waals surface area contributed by atoms with Crippen molar-refractivity contribution in [1.82, 2.24) is 9.80 Å². The predicted octanol–water partition coefficient (Wildman–Crippen LogP) is 1.68. The van der Waals surface area contributed by atoms with Crippen LogP contribution in [0.15, 0.2) is 0 Å². The van der Waals surface area contributed by atoms with E-state index >= 15 is 0 Å². The standard InChI is InChI=1S/C16H28N2O3/c1-5-11-8-12(13(9-11)15(20)21)14(19)18-7-6-17(4)16(2,3)10-18/h11-13H,5-10H2,1-4H3,(H,20,21)/t11?,12-,13+/m0/s1. The molecule has 0 radical (unpaired) electrons. The summed E-state index contributed by atoms with van der Waals surface area (Å²) in [7, 11) is 2.07. The highest BCUT2D eigenvalue weighted by atomic mass is 16.4. The van der Waals surface area contributed by atoms with Crippen LogP contribution < -0.4 is 0 Å². The van der Waals surface area contributed by atoms with Crippen molar-refractivity contribution in [2.75, 3.05) is 26.7 Å². The van der Waals surface area contributed by atoms with Crippen molar-refractivity contribution < 1.29 is 14.7 Å². The lowest BCUT2D eigenvalue weighted by Crippen LogP contribution is -2.60. The van der Waals surface area contributed by atoms with E-state index in [9.17, 15) is 14.7 Å². The molecule has 0 bridgehead atoms. The third kappa shape index (κ3) is 3.23. The predicted molar refractivity (Wildman–Crippen MR) is 80.9 cm³/mol. The van der Waals surface area contributed by atoms with Gasteiger partial charge in [-0.1, -0.05) is 13.3 Å². The lowest BCUT2D eigenvalue weighted by atomic mass is 9.92. The van der Waals surface area contributed by atoms with Crippen LogP contribution in [0.25, 0.3) is 0 Å². The average molecular weight is 296 g/mol. The summed E-state index contributed by atoms with van der Waals surface area (Å²) in [6.07, 6.45) is 2.35. The number of likely N-dealkylation sites (N-methyl/N-ethyl adjacent to an activating group) is 1. The largest absolute Gasteiger partial charge is 0.481 e. The van der Waals surface area contributed by atoms with Gasteiger partial charge in [0, 0.05) is 25.2 Å². The minimum Gasteiger partial charge on any atom is -0.481 e. The fraction of sp³-hybridized carbons (Fsp3) is 0.875. The summed E-state index contributed by atoms with van der Waals surface area (Å²) >= 11 is 0. The van der Waals surface area contributed by atoms with Crippen LogP contribution in [0.4, 0.5) is 0 Å². The Balaban J connectivity index is 2.10. The van der Waals surface area contributed by atoms with Crippen LogP contribution in [-0.2, 0) is 9.59 Å². The van der Waals surface area contributed by atoms with Crippen molar-refractivity contribution in [3.05, 3.63) is 0 Å². The van der Waals surface area contributed by atoms with E-state index in [0.29, 0.717) is 25.4 Å². The fourth-order valence-corrected chi connectivity index (χ4v) is 3.69. The number of nitrogens with zero attached hydrogens (tertiary/aromatic N) is 2. The van der Waals surface area contributed by atoms with Crippen molar-refractivity contribution in [2.45, 2.75) is 45.6 Å². The maximum atomic E-state index is 12.8. The van der Waals surface area contributed by atoms with Crippen molar-refractivity contribution >= 4 is 11.9 Å². The molecule has 2 rings (SSSR count). The van der Waals surface area contributed by atoms with Crippen LogP contribution in [0, 0.1) is 17.8 Å². The van der Waals surface area contributed by atoms with Gasteiger partial charge in [-0.05, 0) is 39.7 Å². The molecule has 3 atom stereocenters. The van der Waals surface area contributed by atoms with E-state index in [1.807, 2.05) is 4.90 Å². The topological polar surface area (TPSA) is 60.9 Å². The van der Waals surface area contributed by atoms with Gasteiger partial charge in [0.2, 0.25) is 5.91 Å². The second-order valence-electron chi connectivity index (χ2n) is 7.29. The van der Waals surface area contributed by atoms with Gasteiger partial charge in [0.15, 0.2) is 0 Å². The van der Waals surface area contributed by atoms with E-state index in [-0.39, 0.29) is 17.4 Å². The number of carboxylic acid groups (broad SMARTS) is 1. The summed E-state index contributed by atoms with van der Waals surface area (Å²) < 4.78 is 0. The monoisotopic (exact) mass is 296 g/mol. The Labute approximate surface area is 127 Å². The molecule has 1 aliphatic carbocycles. The molecular formula is C16H28N2O3. The van der Waals surface area contributed by atoms with E-state index in [4.69, 9.17) is 0 Å². The molecule has 1 aliphatic heterocycles. The zero-order valence-electron chi connectivity index (χ0n) is 13.6. The van der Waals surface area contributed by atoms with Gasteiger partial charge in [-0.25, -0.2) is 0 Å². The SMILES string of the molecule is CCC1C[C@H](C(=O)N2CCN(C)C(C)(C)C2)[C@H](C(=O)O)C1. The van der Waals surface area contributed by atoms with E-state index in [0.717, 1.165) is 19.4 Å². The average Bonchev–Trinajstić information content (AvgIpc) is 2.85. The quantitative estimate of drug-likeness (QED) is 0.860. The molecule has 1 saturated carbocycles. The lowest BCUT2D eigenvalue weighted by Gasteiger charge is -2.46. The normalized spacial score (nSPS) is 33.1. The molecule has 1 saturated heterocycles. The van der Waals surface area contributed by atoms with E-state index in [2.05, 4.69) is 32.7 Å². The summed E-state index contributed by atoms with van der Waals surface area (Å²) in [5, 5.41) is 9.41. The first-order valence-electron chi connectivity index (χ1n) is 7.99. The molecule has 120 valence electrons. The third-order valence-corrected chi connectivity index (χ3v) is 5.50. The molecule has 1 unspecified atom stereocenters. The molecule has 1 amide bonds. The first kappa shape index (κ1) is 16.3. The molecule has 0 aromatic heterocycles.